The molecule has 0 aliphatic carbocycles. The van der Waals surface area contributed by atoms with E-state index in [2.05, 4.69) is 10.0 Å². The van der Waals surface area contributed by atoms with E-state index in [9.17, 15) is 13.2 Å². The molecule has 1 amide bonds. The minimum absolute atomic E-state index is 0.0285. The normalized spacial score (nSPS) is 15.5. The average Bonchev–Trinajstić information content (AvgIpc) is 2.51. The van der Waals surface area contributed by atoms with Gasteiger partial charge in [0.15, 0.2) is 11.5 Å². The Morgan fingerprint density at radius 2 is 1.91 bits per heavy atom. The number of nitrogens with one attached hydrogen (secondary N) is 2. The second-order valence-corrected chi connectivity index (χ2v) is 6.92. The van der Waals surface area contributed by atoms with Gasteiger partial charge in [-0.15, -0.1) is 0 Å². The van der Waals surface area contributed by atoms with Gasteiger partial charge in [-0.3, -0.25) is 4.79 Å². The number of fused-ring (bicyclic) bond motifs is 1. The Morgan fingerprint density at radius 1 is 1.23 bits per heavy atom. The van der Waals surface area contributed by atoms with E-state index in [-0.39, 0.29) is 29.1 Å². The van der Waals surface area contributed by atoms with Crippen molar-refractivity contribution in [2.24, 2.45) is 5.92 Å². The van der Waals surface area contributed by atoms with Crippen LogP contribution in [0.2, 0.25) is 0 Å². The molecule has 0 saturated carbocycles. The minimum Gasteiger partial charge on any atom is -0.486 e. The molecule has 0 fully saturated rings. The Labute approximate surface area is 130 Å². The van der Waals surface area contributed by atoms with Crippen molar-refractivity contribution in [1.29, 1.82) is 0 Å². The van der Waals surface area contributed by atoms with Gasteiger partial charge in [-0.2, -0.15) is 4.72 Å². The molecule has 8 heteroatoms. The summed E-state index contributed by atoms with van der Waals surface area (Å²) in [6, 6.07) is 3.78. The number of carbonyl (C=O) groups is 1. The van der Waals surface area contributed by atoms with Crippen molar-refractivity contribution < 1.29 is 22.7 Å². The number of para-hydroxylation sites is 1. The highest BCUT2D eigenvalue weighted by Gasteiger charge is 2.31. The fourth-order valence-corrected chi connectivity index (χ4v) is 3.64. The van der Waals surface area contributed by atoms with E-state index in [4.69, 9.17) is 9.47 Å². The molecule has 7 nitrogen and oxygen atoms in total. The minimum atomic E-state index is -3.92. The van der Waals surface area contributed by atoms with Crippen molar-refractivity contribution in [3.8, 4) is 11.5 Å². The largest absolute Gasteiger partial charge is 0.486 e. The van der Waals surface area contributed by atoms with Crippen LogP contribution in [0, 0.1) is 5.92 Å². The van der Waals surface area contributed by atoms with Crippen molar-refractivity contribution in [3.63, 3.8) is 0 Å². The zero-order valence-corrected chi connectivity index (χ0v) is 13.6. The number of carbonyl (C=O) groups excluding carboxylic acids is 1. The lowest BCUT2D eigenvalue weighted by atomic mass is 10.1. The molecule has 2 N–H and O–H groups in total. The third kappa shape index (κ3) is 3.33. The maximum atomic E-state index is 12.6. The molecule has 122 valence electrons. The molecule has 1 aliphatic rings. The van der Waals surface area contributed by atoms with E-state index in [1.165, 1.54) is 13.1 Å². The highest BCUT2D eigenvalue weighted by Crippen LogP contribution is 2.36. The molecule has 2 rings (SSSR count). The summed E-state index contributed by atoms with van der Waals surface area (Å²) in [4.78, 5) is 11.8. The van der Waals surface area contributed by atoms with Crippen LogP contribution in [-0.2, 0) is 14.8 Å². The molecule has 1 aliphatic heterocycles. The summed E-state index contributed by atoms with van der Waals surface area (Å²) in [5.74, 6) is -0.0252. The quantitative estimate of drug-likeness (QED) is 0.821. The van der Waals surface area contributed by atoms with Gasteiger partial charge >= 0.3 is 0 Å². The lowest BCUT2D eigenvalue weighted by Crippen LogP contribution is -2.48. The summed E-state index contributed by atoms with van der Waals surface area (Å²) in [6.07, 6.45) is 0. The summed E-state index contributed by atoms with van der Waals surface area (Å²) >= 11 is 0. The van der Waals surface area contributed by atoms with E-state index < -0.39 is 16.1 Å². The number of hydrogen-bond donors (Lipinski definition) is 2. The van der Waals surface area contributed by atoms with Crippen molar-refractivity contribution in [3.05, 3.63) is 18.2 Å². The topological polar surface area (TPSA) is 93.7 Å². The van der Waals surface area contributed by atoms with E-state index in [0.29, 0.717) is 12.4 Å². The van der Waals surface area contributed by atoms with Crippen molar-refractivity contribution in [2.45, 2.75) is 24.8 Å². The molecule has 0 radical (unpaired) electrons. The summed E-state index contributed by atoms with van der Waals surface area (Å²) in [6.45, 7) is 4.18. The predicted octanol–water partition coefficient (Wildman–Crippen LogP) is 0.507. The van der Waals surface area contributed by atoms with Crippen LogP contribution in [0.25, 0.3) is 0 Å². The van der Waals surface area contributed by atoms with Gasteiger partial charge in [0.05, 0.1) is 0 Å². The Balaban J connectivity index is 2.36. The molecule has 22 heavy (non-hydrogen) atoms. The average molecular weight is 328 g/mol. The van der Waals surface area contributed by atoms with Crippen LogP contribution in [0.15, 0.2) is 23.1 Å². The molecule has 1 heterocycles. The predicted molar refractivity (Wildman–Crippen MR) is 80.4 cm³/mol. The second kappa shape index (κ2) is 6.53. The first-order chi connectivity index (χ1) is 10.4. The SMILES string of the molecule is CNC(=O)[C@@H](NS(=O)(=O)c1cccc2c1OCCO2)C(C)C. The van der Waals surface area contributed by atoms with Crippen LogP contribution in [0.4, 0.5) is 0 Å². The summed E-state index contributed by atoms with van der Waals surface area (Å²) in [5.41, 5.74) is 0. The Kier molecular flexibility index (Phi) is 4.92. The van der Waals surface area contributed by atoms with Gasteiger partial charge in [-0.05, 0) is 18.1 Å². The van der Waals surface area contributed by atoms with Crippen LogP contribution < -0.4 is 19.5 Å². The Hall–Kier alpha value is -1.80. The van der Waals surface area contributed by atoms with Crippen LogP contribution in [0.1, 0.15) is 13.8 Å². The second-order valence-electron chi connectivity index (χ2n) is 5.24. The van der Waals surface area contributed by atoms with Gasteiger partial charge in [0.25, 0.3) is 0 Å². The molecule has 0 bridgehead atoms. The standard InChI is InChI=1S/C14H20N2O5S/c1-9(2)12(14(17)15-3)16-22(18,19)11-6-4-5-10-13(11)21-8-7-20-10/h4-6,9,12,16H,7-8H2,1-3H3,(H,15,17)/t12-/m0/s1. The first kappa shape index (κ1) is 16.6. The monoisotopic (exact) mass is 328 g/mol. The number of hydrogen-bond acceptors (Lipinski definition) is 5. The van der Waals surface area contributed by atoms with Crippen LogP contribution in [0.3, 0.4) is 0 Å². The lowest BCUT2D eigenvalue weighted by molar-refractivity contribution is -0.123. The summed E-state index contributed by atoms with van der Waals surface area (Å²) in [5, 5.41) is 2.46. The fourth-order valence-electron chi connectivity index (χ4n) is 2.14. The van der Waals surface area contributed by atoms with Crippen molar-refractivity contribution in [2.75, 3.05) is 20.3 Å². The van der Waals surface area contributed by atoms with Gasteiger partial charge < -0.3 is 14.8 Å². The Morgan fingerprint density at radius 3 is 2.55 bits per heavy atom. The molecule has 1 aromatic carbocycles. The number of amides is 1. The molecule has 1 atom stereocenters. The van der Waals surface area contributed by atoms with Gasteiger partial charge in [-0.1, -0.05) is 19.9 Å². The summed E-state index contributed by atoms with van der Waals surface area (Å²) < 4.78 is 38.5. The number of sulfonamides is 1. The van der Waals surface area contributed by atoms with Crippen LogP contribution in [-0.4, -0.2) is 40.6 Å². The molecular formula is C14H20N2O5S. The van der Waals surface area contributed by atoms with Gasteiger partial charge in [0, 0.05) is 7.05 Å². The number of rotatable bonds is 5. The molecular weight excluding hydrogens is 308 g/mol. The highest BCUT2D eigenvalue weighted by molar-refractivity contribution is 7.89. The van der Waals surface area contributed by atoms with Gasteiger partial charge in [-0.25, -0.2) is 8.42 Å². The maximum Gasteiger partial charge on any atom is 0.245 e. The van der Waals surface area contributed by atoms with E-state index in [1.807, 2.05) is 0 Å². The van der Waals surface area contributed by atoms with E-state index in [0.717, 1.165) is 0 Å². The summed E-state index contributed by atoms with van der Waals surface area (Å²) in [7, 11) is -2.45. The fraction of sp³-hybridized carbons (Fsp3) is 0.500. The first-order valence-corrected chi connectivity index (χ1v) is 8.47. The zero-order valence-electron chi connectivity index (χ0n) is 12.8. The first-order valence-electron chi connectivity index (χ1n) is 6.99. The zero-order chi connectivity index (χ0) is 16.3. The smallest absolute Gasteiger partial charge is 0.245 e. The van der Waals surface area contributed by atoms with Gasteiger partial charge in [0.1, 0.15) is 24.2 Å². The number of likely N-dealkylation sites (N-methyl/N-ethyl adjacent to an activating group) is 1. The third-order valence-corrected chi connectivity index (χ3v) is 4.76. The molecule has 0 aromatic heterocycles. The van der Waals surface area contributed by atoms with Crippen LogP contribution >= 0.6 is 0 Å². The molecule has 0 unspecified atom stereocenters. The van der Waals surface area contributed by atoms with Gasteiger partial charge in [0.2, 0.25) is 15.9 Å². The highest BCUT2D eigenvalue weighted by atomic mass is 32.2. The molecule has 1 aromatic rings. The van der Waals surface area contributed by atoms with Crippen molar-refractivity contribution in [1.82, 2.24) is 10.0 Å². The maximum absolute atomic E-state index is 12.6. The van der Waals surface area contributed by atoms with E-state index >= 15 is 0 Å². The van der Waals surface area contributed by atoms with E-state index in [1.54, 1.807) is 26.0 Å². The lowest BCUT2D eigenvalue weighted by Gasteiger charge is -2.24. The molecule has 0 spiro atoms. The molecule has 0 saturated heterocycles. The number of benzene rings is 1. The number of ether oxygens (including phenoxy) is 2. The Bertz CT molecular complexity index is 657. The van der Waals surface area contributed by atoms with Crippen molar-refractivity contribution >= 4 is 15.9 Å². The third-order valence-electron chi connectivity index (χ3n) is 3.30. The van der Waals surface area contributed by atoms with Crippen LogP contribution in [0.5, 0.6) is 11.5 Å².